The highest BCUT2D eigenvalue weighted by molar-refractivity contribution is 5.69. The minimum absolute atomic E-state index is 0.166. The molecular formula is C12H23N3O4. The average molecular weight is 273 g/mol. The fourth-order valence-electron chi connectivity index (χ4n) is 1.83. The summed E-state index contributed by atoms with van der Waals surface area (Å²) in [5, 5.41) is 25.5. The predicted molar refractivity (Wildman–Crippen MR) is 68.0 cm³/mol. The molecule has 0 saturated heterocycles. The van der Waals surface area contributed by atoms with Gasteiger partial charge in [-0.15, -0.1) is 5.01 Å². The first-order chi connectivity index (χ1) is 8.71. The standard InChI is InChI=1S/C12H23N3O4/c1-12(2,3)14(4)15(18)13-19-10-7-5-9(6-8-10)11(16)17/h9-10H,5-8H2,1-4H3,(H,16,17)/b15-13+. The van der Waals surface area contributed by atoms with Gasteiger partial charge in [0.1, 0.15) is 6.10 Å². The number of carboxylic acid groups (broad SMARTS) is 1. The van der Waals surface area contributed by atoms with E-state index in [2.05, 4.69) is 5.28 Å². The van der Waals surface area contributed by atoms with Crippen LogP contribution in [0.5, 0.6) is 0 Å². The molecule has 0 bridgehead atoms. The summed E-state index contributed by atoms with van der Waals surface area (Å²) < 4.78 is 0. The Morgan fingerprint density at radius 3 is 2.32 bits per heavy atom. The number of nitrogens with zero attached hydrogens (tertiary/aromatic N) is 3. The summed E-state index contributed by atoms with van der Waals surface area (Å²) in [5.74, 6) is -1.05. The van der Waals surface area contributed by atoms with Crippen molar-refractivity contribution in [3.05, 3.63) is 5.21 Å². The Labute approximate surface area is 113 Å². The van der Waals surface area contributed by atoms with E-state index in [0.29, 0.717) is 30.7 Å². The van der Waals surface area contributed by atoms with Crippen LogP contribution in [-0.2, 0) is 9.63 Å². The third-order valence-corrected chi connectivity index (χ3v) is 3.52. The maximum Gasteiger partial charge on any atom is 0.306 e. The van der Waals surface area contributed by atoms with Crippen LogP contribution in [0, 0.1) is 11.1 Å². The molecule has 1 fully saturated rings. The van der Waals surface area contributed by atoms with Gasteiger partial charge in [-0.05, 0) is 46.5 Å². The molecule has 1 saturated carbocycles. The van der Waals surface area contributed by atoms with Crippen molar-refractivity contribution < 1.29 is 19.7 Å². The molecule has 19 heavy (non-hydrogen) atoms. The van der Waals surface area contributed by atoms with Gasteiger partial charge in [0.15, 0.2) is 0 Å². The third kappa shape index (κ3) is 4.57. The SMILES string of the molecule is CN(/[N+]([O-])=N\OC1CCC(C(=O)O)CC1)C(C)(C)C. The quantitative estimate of drug-likeness (QED) is 0.482. The van der Waals surface area contributed by atoms with Crippen molar-refractivity contribution >= 4 is 5.97 Å². The van der Waals surface area contributed by atoms with Crippen LogP contribution < -0.4 is 0 Å². The Hall–Kier alpha value is -1.53. The maximum absolute atomic E-state index is 11.7. The van der Waals surface area contributed by atoms with Crippen LogP contribution in [0.2, 0.25) is 0 Å². The zero-order valence-corrected chi connectivity index (χ0v) is 12.0. The molecule has 0 amide bonds. The number of hydrogen-bond donors (Lipinski definition) is 1. The van der Waals surface area contributed by atoms with E-state index in [4.69, 9.17) is 9.94 Å². The molecule has 0 spiro atoms. The second-order valence-corrected chi connectivity index (χ2v) is 5.95. The lowest BCUT2D eigenvalue weighted by Crippen LogP contribution is -2.42. The number of carboxylic acids is 1. The molecule has 110 valence electrons. The minimum atomic E-state index is -0.756. The average Bonchev–Trinajstić information content (AvgIpc) is 2.34. The summed E-state index contributed by atoms with van der Waals surface area (Å²) in [5.41, 5.74) is -0.338. The largest absolute Gasteiger partial charge is 0.569 e. The second-order valence-electron chi connectivity index (χ2n) is 5.95. The zero-order valence-electron chi connectivity index (χ0n) is 12.0. The smallest absolute Gasteiger partial charge is 0.306 e. The van der Waals surface area contributed by atoms with Crippen molar-refractivity contribution in [2.24, 2.45) is 11.2 Å². The predicted octanol–water partition coefficient (Wildman–Crippen LogP) is 2.17. The van der Waals surface area contributed by atoms with E-state index in [1.54, 1.807) is 7.05 Å². The second kappa shape index (κ2) is 6.08. The van der Waals surface area contributed by atoms with Crippen molar-refractivity contribution in [1.29, 1.82) is 0 Å². The van der Waals surface area contributed by atoms with Gasteiger partial charge in [0.2, 0.25) is 5.28 Å². The lowest BCUT2D eigenvalue weighted by atomic mass is 9.88. The molecule has 0 aromatic carbocycles. The summed E-state index contributed by atoms with van der Waals surface area (Å²) in [6.07, 6.45) is 2.22. The first kappa shape index (κ1) is 15.5. The molecule has 7 heteroatoms. The fourth-order valence-corrected chi connectivity index (χ4v) is 1.83. The van der Waals surface area contributed by atoms with Gasteiger partial charge in [-0.2, -0.15) is 0 Å². The molecule has 1 rings (SSSR count). The molecule has 0 atom stereocenters. The van der Waals surface area contributed by atoms with Gasteiger partial charge >= 0.3 is 5.97 Å². The molecule has 0 aliphatic heterocycles. The van der Waals surface area contributed by atoms with Crippen LogP contribution in [0.15, 0.2) is 5.28 Å². The van der Waals surface area contributed by atoms with E-state index < -0.39 is 5.97 Å². The number of aliphatic carboxylic acids is 1. The Kier molecular flexibility index (Phi) is 4.97. The molecule has 0 aromatic heterocycles. The molecule has 0 unspecified atom stereocenters. The highest BCUT2D eigenvalue weighted by Crippen LogP contribution is 2.26. The molecule has 1 N–H and O–H groups in total. The van der Waals surface area contributed by atoms with E-state index in [-0.39, 0.29) is 17.6 Å². The van der Waals surface area contributed by atoms with Gasteiger partial charge in [-0.25, -0.2) is 0 Å². The number of hydrazine groups is 1. The van der Waals surface area contributed by atoms with E-state index >= 15 is 0 Å². The molecule has 1 aliphatic carbocycles. The normalized spacial score (nSPS) is 24.9. The molecule has 0 radical (unpaired) electrons. The van der Waals surface area contributed by atoms with Gasteiger partial charge in [-0.1, -0.05) is 0 Å². The van der Waals surface area contributed by atoms with E-state index in [1.807, 2.05) is 20.8 Å². The van der Waals surface area contributed by atoms with Gasteiger partial charge < -0.3 is 15.2 Å². The monoisotopic (exact) mass is 273 g/mol. The Morgan fingerprint density at radius 1 is 1.37 bits per heavy atom. The van der Waals surface area contributed by atoms with Crippen LogP contribution in [0.4, 0.5) is 0 Å². The molecular weight excluding hydrogens is 250 g/mol. The van der Waals surface area contributed by atoms with Gasteiger partial charge in [0.05, 0.1) is 23.5 Å². The summed E-state index contributed by atoms with van der Waals surface area (Å²) in [6, 6.07) is 0. The third-order valence-electron chi connectivity index (χ3n) is 3.52. The summed E-state index contributed by atoms with van der Waals surface area (Å²) in [6.45, 7) is 5.68. The van der Waals surface area contributed by atoms with Crippen LogP contribution in [0.1, 0.15) is 46.5 Å². The summed E-state index contributed by atoms with van der Waals surface area (Å²) in [4.78, 5) is 16.4. The van der Waals surface area contributed by atoms with E-state index in [0.717, 1.165) is 0 Å². The van der Waals surface area contributed by atoms with Crippen molar-refractivity contribution in [2.75, 3.05) is 7.05 Å². The highest BCUT2D eigenvalue weighted by atomic mass is 16.7. The molecule has 0 heterocycles. The fraction of sp³-hybridized carbons (Fsp3) is 0.917. The first-order valence-electron chi connectivity index (χ1n) is 6.52. The number of hydrogen-bond acceptors (Lipinski definition) is 4. The number of rotatable bonds is 4. The first-order valence-corrected chi connectivity index (χ1v) is 6.52. The molecule has 0 aromatic rings. The van der Waals surface area contributed by atoms with Gasteiger partial charge in [0.25, 0.3) is 0 Å². The van der Waals surface area contributed by atoms with Crippen molar-refractivity contribution in [3.63, 3.8) is 0 Å². The van der Waals surface area contributed by atoms with Gasteiger partial charge in [0, 0.05) is 0 Å². The number of carbonyl (C=O) groups is 1. The lowest BCUT2D eigenvalue weighted by molar-refractivity contribution is -0.720. The van der Waals surface area contributed by atoms with Crippen LogP contribution >= 0.6 is 0 Å². The van der Waals surface area contributed by atoms with Gasteiger partial charge in [-0.3, -0.25) is 4.79 Å². The molecule has 1 aliphatic rings. The molecule has 7 nitrogen and oxygen atoms in total. The van der Waals surface area contributed by atoms with Crippen LogP contribution in [-0.4, -0.2) is 39.7 Å². The summed E-state index contributed by atoms with van der Waals surface area (Å²) >= 11 is 0. The van der Waals surface area contributed by atoms with Crippen LogP contribution in [0.3, 0.4) is 0 Å². The Morgan fingerprint density at radius 2 is 1.89 bits per heavy atom. The van der Waals surface area contributed by atoms with Crippen molar-refractivity contribution in [3.8, 4) is 0 Å². The maximum atomic E-state index is 11.7. The Bertz CT molecular complexity index is 343. The van der Waals surface area contributed by atoms with E-state index in [1.165, 1.54) is 5.01 Å². The zero-order chi connectivity index (χ0) is 14.6. The summed E-state index contributed by atoms with van der Waals surface area (Å²) in [7, 11) is 1.64. The Balaban J connectivity index is 2.43. The van der Waals surface area contributed by atoms with Crippen molar-refractivity contribution in [1.82, 2.24) is 5.01 Å². The topological polar surface area (TPSA) is 88.2 Å². The minimum Gasteiger partial charge on any atom is -0.569 e. The van der Waals surface area contributed by atoms with E-state index in [9.17, 15) is 10.0 Å². The highest BCUT2D eigenvalue weighted by Gasteiger charge is 2.28. The van der Waals surface area contributed by atoms with Crippen molar-refractivity contribution in [2.45, 2.75) is 58.1 Å². The lowest BCUT2D eigenvalue weighted by Gasteiger charge is -2.27. The van der Waals surface area contributed by atoms with Crippen LogP contribution in [0.25, 0.3) is 0 Å².